The Morgan fingerprint density at radius 2 is 1.86 bits per heavy atom. The van der Waals surface area contributed by atoms with E-state index in [1.54, 1.807) is 51.5 Å². The summed E-state index contributed by atoms with van der Waals surface area (Å²) < 4.78 is 21.9. The van der Waals surface area contributed by atoms with Crippen LogP contribution in [0.25, 0.3) is 0 Å². The number of rotatable bonds is 5. The van der Waals surface area contributed by atoms with E-state index in [0.717, 1.165) is 5.56 Å². The number of methoxy groups -OCH3 is 2. The van der Waals surface area contributed by atoms with Gasteiger partial charge in [0.15, 0.2) is 17.3 Å². The molecule has 186 valence electrons. The average molecular weight is 491 g/mol. The summed E-state index contributed by atoms with van der Waals surface area (Å²) in [6, 6.07) is 12.4. The van der Waals surface area contributed by atoms with Gasteiger partial charge >= 0.3 is 5.97 Å². The van der Waals surface area contributed by atoms with E-state index in [1.165, 1.54) is 0 Å². The van der Waals surface area contributed by atoms with Crippen LogP contribution in [0.3, 0.4) is 0 Å². The number of nitrogens with two attached hydrogens (primary N) is 1. The molecular weight excluding hydrogens is 464 g/mol. The summed E-state index contributed by atoms with van der Waals surface area (Å²) in [5.41, 5.74) is 6.31. The number of para-hydroxylation sites is 1. The summed E-state index contributed by atoms with van der Waals surface area (Å²) in [4.78, 5) is 40.7. The third kappa shape index (κ3) is 3.26. The van der Waals surface area contributed by atoms with Crippen molar-refractivity contribution < 1.29 is 33.3 Å². The molecule has 0 saturated carbocycles. The van der Waals surface area contributed by atoms with Gasteiger partial charge in [-0.25, -0.2) is 4.79 Å². The Morgan fingerprint density at radius 3 is 2.58 bits per heavy atom. The summed E-state index contributed by atoms with van der Waals surface area (Å²) in [6.45, 7) is 1.72. The molecule has 0 radical (unpaired) electrons. The molecule has 2 aromatic carbocycles. The molecule has 3 N–H and O–H groups in total. The van der Waals surface area contributed by atoms with Gasteiger partial charge in [-0.15, -0.1) is 0 Å². The van der Waals surface area contributed by atoms with Crippen molar-refractivity contribution in [2.75, 3.05) is 26.1 Å². The zero-order valence-corrected chi connectivity index (χ0v) is 20.2. The molecule has 36 heavy (non-hydrogen) atoms. The maximum atomic E-state index is 13.8. The molecule has 3 aliphatic rings. The highest BCUT2D eigenvalue weighted by Crippen LogP contribution is 2.55. The molecule has 9 heteroatoms. The second-order valence-electron chi connectivity index (χ2n) is 8.75. The van der Waals surface area contributed by atoms with E-state index in [-0.39, 0.29) is 47.5 Å². The van der Waals surface area contributed by atoms with Gasteiger partial charge in [0, 0.05) is 24.1 Å². The van der Waals surface area contributed by atoms with Crippen LogP contribution in [0.15, 0.2) is 65.3 Å². The van der Waals surface area contributed by atoms with Crippen LogP contribution in [0, 0.1) is 0 Å². The van der Waals surface area contributed by atoms with Crippen molar-refractivity contribution >= 4 is 23.3 Å². The van der Waals surface area contributed by atoms with E-state index in [1.807, 2.05) is 12.1 Å². The number of hydrogen-bond donors (Lipinski definition) is 2. The topological polar surface area (TPSA) is 126 Å². The molecule has 0 fully saturated rings. The number of carbonyl (C=O) groups is 3. The molecule has 1 spiro atoms. The summed E-state index contributed by atoms with van der Waals surface area (Å²) in [5.74, 6) is -0.783. The lowest BCUT2D eigenvalue weighted by atomic mass is 9.63. The van der Waals surface area contributed by atoms with E-state index < -0.39 is 17.3 Å². The lowest BCUT2D eigenvalue weighted by molar-refractivity contribution is -0.141. The van der Waals surface area contributed by atoms with Gasteiger partial charge in [-0.2, -0.15) is 0 Å². The van der Waals surface area contributed by atoms with Gasteiger partial charge in [0.25, 0.3) is 0 Å². The largest absolute Gasteiger partial charge is 0.493 e. The third-order valence-corrected chi connectivity index (χ3v) is 6.93. The van der Waals surface area contributed by atoms with Crippen molar-refractivity contribution in [3.8, 4) is 11.5 Å². The second kappa shape index (κ2) is 8.75. The predicted molar refractivity (Wildman–Crippen MR) is 129 cm³/mol. The summed E-state index contributed by atoms with van der Waals surface area (Å²) in [5, 5.41) is 2.82. The number of esters is 1. The molecule has 0 bridgehead atoms. The van der Waals surface area contributed by atoms with Crippen LogP contribution in [0.1, 0.15) is 36.8 Å². The Kier molecular flexibility index (Phi) is 5.70. The first-order chi connectivity index (χ1) is 17.4. The molecule has 1 aliphatic carbocycles. The minimum atomic E-state index is -1.75. The molecule has 1 amide bonds. The van der Waals surface area contributed by atoms with Gasteiger partial charge < -0.3 is 30.0 Å². The Labute approximate surface area is 207 Å². The fourth-order valence-electron chi connectivity index (χ4n) is 5.44. The number of ketones is 1. The lowest BCUT2D eigenvalue weighted by Gasteiger charge is -2.40. The van der Waals surface area contributed by atoms with E-state index >= 15 is 0 Å². The first-order valence-corrected chi connectivity index (χ1v) is 11.6. The van der Waals surface area contributed by atoms with Crippen molar-refractivity contribution in [3.05, 3.63) is 76.4 Å². The fraction of sp³-hybridized carbons (Fsp3) is 0.296. The smallest absolute Gasteiger partial charge is 0.341 e. The molecule has 0 saturated heterocycles. The van der Waals surface area contributed by atoms with E-state index in [9.17, 15) is 14.4 Å². The normalized spacial score (nSPS) is 22.6. The molecular formula is C27H26N2O7. The minimum absolute atomic E-state index is 0.0657. The lowest BCUT2D eigenvalue weighted by Crippen LogP contribution is -2.49. The number of amides is 1. The van der Waals surface area contributed by atoms with Crippen LogP contribution in [0.4, 0.5) is 5.69 Å². The first kappa shape index (κ1) is 23.5. The number of fused-ring (bicyclic) bond motifs is 3. The number of hydrogen-bond acceptors (Lipinski definition) is 8. The van der Waals surface area contributed by atoms with Crippen LogP contribution in [0.2, 0.25) is 0 Å². The predicted octanol–water partition coefficient (Wildman–Crippen LogP) is 3.06. The number of allylic oxidation sites excluding steroid dienone is 1. The van der Waals surface area contributed by atoms with Crippen LogP contribution in [0.5, 0.6) is 11.5 Å². The van der Waals surface area contributed by atoms with Crippen LogP contribution >= 0.6 is 0 Å². The van der Waals surface area contributed by atoms with Gasteiger partial charge in [-0.3, -0.25) is 9.59 Å². The molecule has 5 rings (SSSR count). The zero-order chi connectivity index (χ0) is 25.6. The van der Waals surface area contributed by atoms with Crippen molar-refractivity contribution in [1.29, 1.82) is 0 Å². The number of benzene rings is 2. The number of ether oxygens (including phenoxy) is 4. The Morgan fingerprint density at radius 1 is 1.11 bits per heavy atom. The van der Waals surface area contributed by atoms with Crippen molar-refractivity contribution in [2.24, 2.45) is 5.73 Å². The number of carbonyl (C=O) groups excluding carboxylic acids is 3. The molecule has 9 nitrogen and oxygen atoms in total. The highest BCUT2D eigenvalue weighted by Gasteiger charge is 2.62. The van der Waals surface area contributed by atoms with Gasteiger partial charge in [-0.05, 0) is 36.6 Å². The van der Waals surface area contributed by atoms with Gasteiger partial charge in [0.05, 0.1) is 26.4 Å². The van der Waals surface area contributed by atoms with E-state index in [2.05, 4.69) is 5.32 Å². The van der Waals surface area contributed by atoms with E-state index in [4.69, 9.17) is 24.7 Å². The minimum Gasteiger partial charge on any atom is -0.493 e. The second-order valence-corrected chi connectivity index (χ2v) is 8.75. The molecule has 2 heterocycles. The summed E-state index contributed by atoms with van der Waals surface area (Å²) >= 11 is 0. The maximum Gasteiger partial charge on any atom is 0.341 e. The molecule has 2 aromatic rings. The van der Waals surface area contributed by atoms with Crippen LogP contribution in [-0.2, 0) is 29.3 Å². The SMILES string of the molecule is CCOC(=O)C1=C(N)OC2=C(C(=O)C[C@H](c3ccc(OC)c(OC)c3)C2)[C@]12C(=O)Nc1ccccc12. The van der Waals surface area contributed by atoms with Gasteiger partial charge in [-0.1, -0.05) is 24.3 Å². The Bertz CT molecular complexity index is 1360. The summed E-state index contributed by atoms with van der Waals surface area (Å²) in [7, 11) is 3.09. The van der Waals surface area contributed by atoms with Gasteiger partial charge in [0.2, 0.25) is 11.8 Å². The Hall–Kier alpha value is -4.27. The number of nitrogens with one attached hydrogen (secondary N) is 1. The van der Waals surface area contributed by atoms with E-state index in [0.29, 0.717) is 29.2 Å². The molecule has 2 aliphatic heterocycles. The number of anilines is 1. The third-order valence-electron chi connectivity index (χ3n) is 6.93. The Balaban J connectivity index is 1.67. The zero-order valence-electron chi connectivity index (χ0n) is 20.2. The maximum absolute atomic E-state index is 13.8. The van der Waals surface area contributed by atoms with Crippen LogP contribution < -0.4 is 20.5 Å². The standard InChI is InChI=1S/C27H26N2O7/c1-4-35-25(31)23-24(28)36-21-13-15(14-9-10-19(33-2)20(12-14)34-3)11-18(30)22(21)27(23)16-7-5-6-8-17(16)29-26(27)32/h5-10,12,15H,4,11,13,28H2,1-3H3,(H,29,32)/t15-,27-/m0/s1. The highest BCUT2D eigenvalue weighted by atomic mass is 16.5. The monoisotopic (exact) mass is 490 g/mol. The fourth-order valence-corrected chi connectivity index (χ4v) is 5.44. The van der Waals surface area contributed by atoms with Gasteiger partial charge in [0.1, 0.15) is 16.7 Å². The van der Waals surface area contributed by atoms with Crippen molar-refractivity contribution in [2.45, 2.75) is 31.1 Å². The van der Waals surface area contributed by atoms with Crippen molar-refractivity contribution in [1.82, 2.24) is 0 Å². The first-order valence-electron chi connectivity index (χ1n) is 11.6. The molecule has 0 unspecified atom stereocenters. The van der Waals surface area contributed by atoms with Crippen LogP contribution in [-0.4, -0.2) is 38.5 Å². The highest BCUT2D eigenvalue weighted by molar-refractivity contribution is 6.22. The molecule has 2 atom stereocenters. The number of Topliss-reactive ketones (excluding diaryl/α,β-unsaturated/α-hetero) is 1. The van der Waals surface area contributed by atoms with Crippen molar-refractivity contribution in [3.63, 3.8) is 0 Å². The average Bonchev–Trinajstić information content (AvgIpc) is 3.14. The summed E-state index contributed by atoms with van der Waals surface area (Å²) in [6.07, 6.45) is 0.398. The quantitative estimate of drug-likeness (QED) is 0.613. The molecule has 0 aromatic heterocycles.